The van der Waals surface area contributed by atoms with E-state index in [0.29, 0.717) is 17.3 Å². The summed E-state index contributed by atoms with van der Waals surface area (Å²) in [5.74, 6) is 0.572. The summed E-state index contributed by atoms with van der Waals surface area (Å²) in [6.45, 7) is 4.54. The molecule has 2 rings (SSSR count). The molecule has 1 aliphatic rings. The molecule has 5 heteroatoms. The molecule has 94 valence electrons. The monoisotopic (exact) mass is 256 g/mol. The highest BCUT2D eigenvalue weighted by atomic mass is 32.2. The number of rotatable bonds is 5. The second kappa shape index (κ2) is 4.66. The molecule has 1 aliphatic heterocycles. The fourth-order valence-electron chi connectivity index (χ4n) is 1.37. The normalized spacial score (nSPS) is 19.4. The van der Waals surface area contributed by atoms with Gasteiger partial charge in [-0.15, -0.1) is 0 Å². The Labute approximate surface area is 101 Å². The van der Waals surface area contributed by atoms with Gasteiger partial charge in [0.25, 0.3) is 0 Å². The van der Waals surface area contributed by atoms with E-state index in [9.17, 15) is 8.42 Å². The van der Waals surface area contributed by atoms with Crippen molar-refractivity contribution < 1.29 is 17.9 Å². The first-order valence-corrected chi connectivity index (χ1v) is 7.13. The number of epoxide rings is 1. The van der Waals surface area contributed by atoms with Gasteiger partial charge in [-0.25, -0.2) is 8.42 Å². The molecule has 1 fully saturated rings. The van der Waals surface area contributed by atoms with Crippen LogP contribution < -0.4 is 4.74 Å². The van der Waals surface area contributed by atoms with E-state index in [0.717, 1.165) is 6.61 Å². The van der Waals surface area contributed by atoms with Gasteiger partial charge in [0.1, 0.15) is 18.5 Å². The maximum Gasteiger partial charge on any atom is 0.180 e. The van der Waals surface area contributed by atoms with Gasteiger partial charge in [0.2, 0.25) is 0 Å². The van der Waals surface area contributed by atoms with Crippen LogP contribution in [0.4, 0.5) is 0 Å². The molecular formula is C12H16O4S. The Balaban J connectivity index is 2.15. The Hall–Kier alpha value is -1.07. The first-order valence-electron chi connectivity index (χ1n) is 5.58. The third-order valence-corrected chi connectivity index (χ3v) is 4.75. The maximum absolute atomic E-state index is 12.0. The lowest BCUT2D eigenvalue weighted by Gasteiger charge is -2.10. The number of ether oxygens (including phenoxy) is 2. The predicted octanol–water partition coefficient (Wildman–Crippen LogP) is 1.65. The van der Waals surface area contributed by atoms with Gasteiger partial charge < -0.3 is 9.47 Å². The van der Waals surface area contributed by atoms with E-state index in [-0.39, 0.29) is 6.10 Å². The summed E-state index contributed by atoms with van der Waals surface area (Å²) in [5, 5.41) is -0.426. The topological polar surface area (TPSA) is 55.9 Å². The summed E-state index contributed by atoms with van der Waals surface area (Å²) in [6.07, 6.45) is 0.167. The average molecular weight is 256 g/mol. The minimum atomic E-state index is -3.23. The van der Waals surface area contributed by atoms with Crippen LogP contribution in [0.3, 0.4) is 0 Å². The lowest BCUT2D eigenvalue weighted by molar-refractivity contribution is 0.262. The van der Waals surface area contributed by atoms with E-state index in [1.54, 1.807) is 38.1 Å². The van der Waals surface area contributed by atoms with E-state index in [1.165, 1.54) is 0 Å². The summed E-state index contributed by atoms with van der Waals surface area (Å²) in [5.41, 5.74) is 0. The van der Waals surface area contributed by atoms with Gasteiger partial charge >= 0.3 is 0 Å². The number of hydrogen-bond acceptors (Lipinski definition) is 4. The van der Waals surface area contributed by atoms with E-state index in [2.05, 4.69) is 0 Å². The van der Waals surface area contributed by atoms with Gasteiger partial charge in [0.15, 0.2) is 9.84 Å². The molecule has 0 radical (unpaired) electrons. The van der Waals surface area contributed by atoms with Crippen molar-refractivity contribution >= 4 is 9.84 Å². The lowest BCUT2D eigenvalue weighted by Crippen LogP contribution is -2.14. The van der Waals surface area contributed by atoms with Crippen LogP contribution in [0.25, 0.3) is 0 Å². The number of sulfone groups is 1. The van der Waals surface area contributed by atoms with Crippen molar-refractivity contribution in [3.8, 4) is 5.75 Å². The Morgan fingerprint density at radius 3 is 2.76 bits per heavy atom. The van der Waals surface area contributed by atoms with Crippen LogP contribution in [0, 0.1) is 0 Å². The second-order valence-electron chi connectivity index (χ2n) is 4.33. The summed E-state index contributed by atoms with van der Waals surface area (Å²) in [6, 6.07) is 6.60. The molecule has 1 saturated heterocycles. The molecule has 0 saturated carbocycles. The van der Waals surface area contributed by atoms with E-state index in [4.69, 9.17) is 9.47 Å². The van der Waals surface area contributed by atoms with Crippen LogP contribution >= 0.6 is 0 Å². The molecule has 4 nitrogen and oxygen atoms in total. The van der Waals surface area contributed by atoms with Gasteiger partial charge in [-0.05, 0) is 32.0 Å². The lowest BCUT2D eigenvalue weighted by atomic mass is 10.3. The number of hydrogen-bond donors (Lipinski definition) is 0. The first kappa shape index (κ1) is 12.4. The highest BCUT2D eigenvalue weighted by Gasteiger charge is 2.24. The van der Waals surface area contributed by atoms with Crippen molar-refractivity contribution in [2.45, 2.75) is 30.1 Å². The molecule has 1 aromatic rings. The highest BCUT2D eigenvalue weighted by molar-refractivity contribution is 7.92. The zero-order valence-corrected chi connectivity index (χ0v) is 10.7. The van der Waals surface area contributed by atoms with Crippen molar-refractivity contribution in [1.29, 1.82) is 0 Å². The highest BCUT2D eigenvalue weighted by Crippen LogP contribution is 2.22. The third-order valence-electron chi connectivity index (χ3n) is 2.59. The van der Waals surface area contributed by atoms with Crippen molar-refractivity contribution in [1.82, 2.24) is 0 Å². The van der Waals surface area contributed by atoms with Gasteiger partial charge in [-0.1, -0.05) is 6.07 Å². The molecule has 0 amide bonds. The largest absolute Gasteiger partial charge is 0.491 e. The SMILES string of the molecule is CC(C)S(=O)(=O)c1cccc(OC[C@@H]2CO2)c1. The molecule has 17 heavy (non-hydrogen) atoms. The fourth-order valence-corrected chi connectivity index (χ4v) is 2.46. The first-order chi connectivity index (χ1) is 8.00. The van der Waals surface area contributed by atoms with Crippen molar-refractivity contribution in [2.24, 2.45) is 0 Å². The molecule has 0 aliphatic carbocycles. The number of benzene rings is 1. The molecule has 0 N–H and O–H groups in total. The van der Waals surface area contributed by atoms with Crippen LogP contribution in [0.15, 0.2) is 29.2 Å². The van der Waals surface area contributed by atoms with E-state index >= 15 is 0 Å². The Morgan fingerprint density at radius 2 is 2.18 bits per heavy atom. The van der Waals surface area contributed by atoms with Crippen molar-refractivity contribution in [3.63, 3.8) is 0 Å². The summed E-state index contributed by atoms with van der Waals surface area (Å²) in [7, 11) is -3.23. The van der Waals surface area contributed by atoms with Crippen LogP contribution in [-0.4, -0.2) is 33.0 Å². The standard InChI is InChI=1S/C12H16O4S/c1-9(2)17(13,14)12-5-3-4-10(6-12)15-7-11-8-16-11/h3-6,9,11H,7-8H2,1-2H3/t11-/m1/s1. The smallest absolute Gasteiger partial charge is 0.180 e. The van der Waals surface area contributed by atoms with Crippen LogP contribution in [-0.2, 0) is 14.6 Å². The molecule has 1 atom stereocenters. The van der Waals surface area contributed by atoms with Crippen molar-refractivity contribution in [3.05, 3.63) is 24.3 Å². The third kappa shape index (κ3) is 2.98. The van der Waals surface area contributed by atoms with Gasteiger partial charge in [-0.3, -0.25) is 0 Å². The molecule has 0 aromatic heterocycles. The van der Waals surface area contributed by atoms with E-state index < -0.39 is 15.1 Å². The van der Waals surface area contributed by atoms with Crippen LogP contribution in [0.1, 0.15) is 13.8 Å². The van der Waals surface area contributed by atoms with Crippen LogP contribution in [0.5, 0.6) is 5.75 Å². The molecule has 1 aromatic carbocycles. The summed E-state index contributed by atoms with van der Waals surface area (Å²) >= 11 is 0. The molecular weight excluding hydrogens is 240 g/mol. The molecule has 0 unspecified atom stereocenters. The molecule has 1 heterocycles. The van der Waals surface area contributed by atoms with Crippen LogP contribution in [0.2, 0.25) is 0 Å². The van der Waals surface area contributed by atoms with Crippen molar-refractivity contribution in [2.75, 3.05) is 13.2 Å². The Kier molecular flexibility index (Phi) is 3.40. The zero-order valence-electron chi connectivity index (χ0n) is 9.92. The summed E-state index contributed by atoms with van der Waals surface area (Å²) < 4.78 is 34.4. The summed E-state index contributed by atoms with van der Waals surface area (Å²) in [4.78, 5) is 0.307. The minimum absolute atomic E-state index is 0.167. The zero-order chi connectivity index (χ0) is 12.5. The Bertz CT molecular complexity index is 489. The average Bonchev–Trinajstić information content (AvgIpc) is 3.10. The predicted molar refractivity (Wildman–Crippen MR) is 64.0 cm³/mol. The van der Waals surface area contributed by atoms with Gasteiger partial charge in [-0.2, -0.15) is 0 Å². The minimum Gasteiger partial charge on any atom is -0.491 e. The second-order valence-corrected chi connectivity index (χ2v) is 6.84. The maximum atomic E-state index is 12.0. The van der Waals surface area contributed by atoms with Gasteiger partial charge in [0, 0.05) is 0 Å². The van der Waals surface area contributed by atoms with E-state index in [1.807, 2.05) is 0 Å². The molecule has 0 spiro atoms. The Morgan fingerprint density at radius 1 is 1.47 bits per heavy atom. The quantitative estimate of drug-likeness (QED) is 0.752. The fraction of sp³-hybridized carbons (Fsp3) is 0.500. The molecule has 0 bridgehead atoms. The van der Waals surface area contributed by atoms with Gasteiger partial charge in [0.05, 0.1) is 16.8 Å².